The first-order valence-corrected chi connectivity index (χ1v) is 12.0. The molecule has 1 fully saturated rings. The minimum absolute atomic E-state index is 0.00784. The van der Waals surface area contributed by atoms with Gasteiger partial charge in [-0.2, -0.15) is 0 Å². The smallest absolute Gasteiger partial charge is 0.170 e. The van der Waals surface area contributed by atoms with Gasteiger partial charge in [0.15, 0.2) is 5.11 Å². The van der Waals surface area contributed by atoms with Crippen molar-refractivity contribution in [2.45, 2.75) is 46.3 Å². The van der Waals surface area contributed by atoms with E-state index in [0.29, 0.717) is 6.54 Å². The van der Waals surface area contributed by atoms with E-state index >= 15 is 0 Å². The molecule has 1 N–H and O–H groups in total. The highest BCUT2D eigenvalue weighted by atomic mass is 32.1. The van der Waals surface area contributed by atoms with Gasteiger partial charge < -0.3 is 14.8 Å². The predicted molar refractivity (Wildman–Crippen MR) is 140 cm³/mol. The van der Waals surface area contributed by atoms with Crippen molar-refractivity contribution in [3.63, 3.8) is 0 Å². The highest BCUT2D eigenvalue weighted by Crippen LogP contribution is 2.42. The molecule has 5 rings (SSSR count). The van der Waals surface area contributed by atoms with Crippen LogP contribution in [-0.2, 0) is 6.54 Å². The number of nitrogens with one attached hydrogen (secondary N) is 1. The lowest BCUT2D eigenvalue weighted by Crippen LogP contribution is -2.29. The second kappa shape index (κ2) is 9.03. The summed E-state index contributed by atoms with van der Waals surface area (Å²) in [5, 5.41) is 4.30. The Morgan fingerprint density at radius 3 is 2.41 bits per heavy atom. The average Bonchev–Trinajstić information content (AvgIpc) is 3.29. The van der Waals surface area contributed by atoms with E-state index in [0.717, 1.165) is 16.4 Å². The molecule has 172 valence electrons. The van der Waals surface area contributed by atoms with E-state index in [1.807, 2.05) is 30.6 Å². The lowest BCUT2D eigenvalue weighted by atomic mass is 9.96. The molecule has 0 spiro atoms. The Kier molecular flexibility index (Phi) is 5.92. The molecule has 1 aromatic carbocycles. The van der Waals surface area contributed by atoms with Crippen LogP contribution >= 0.6 is 12.2 Å². The number of benzene rings is 1. The molecule has 4 heterocycles. The number of hydrogen-bond acceptors (Lipinski definition) is 3. The Hall–Kier alpha value is -3.51. The topological polar surface area (TPSA) is 46.0 Å². The number of hydrogen-bond donors (Lipinski definition) is 1. The van der Waals surface area contributed by atoms with Crippen LogP contribution in [0.1, 0.15) is 51.4 Å². The van der Waals surface area contributed by atoms with Crippen molar-refractivity contribution in [1.29, 1.82) is 0 Å². The molecule has 1 aliphatic heterocycles. The van der Waals surface area contributed by atoms with E-state index in [1.54, 1.807) is 6.20 Å². The van der Waals surface area contributed by atoms with Gasteiger partial charge in [0.05, 0.1) is 17.8 Å². The van der Waals surface area contributed by atoms with Crippen molar-refractivity contribution in [3.05, 3.63) is 113 Å². The van der Waals surface area contributed by atoms with Crippen molar-refractivity contribution in [3.8, 4) is 5.69 Å². The van der Waals surface area contributed by atoms with Crippen LogP contribution in [0.5, 0.6) is 0 Å². The highest BCUT2D eigenvalue weighted by Gasteiger charge is 2.41. The maximum Gasteiger partial charge on any atom is 0.170 e. The fraction of sp³-hybridized carbons (Fsp3) is 0.250. The predicted octanol–water partition coefficient (Wildman–Crippen LogP) is 5.67. The molecule has 0 aliphatic carbocycles. The van der Waals surface area contributed by atoms with Crippen molar-refractivity contribution >= 4 is 17.3 Å². The first kappa shape index (κ1) is 22.3. The largest absolute Gasteiger partial charge is 0.352 e. The number of thiocarbonyl (C=S) groups is 1. The number of nitrogens with zero attached hydrogens (tertiary/aromatic N) is 4. The summed E-state index contributed by atoms with van der Waals surface area (Å²) in [6.07, 6.45) is 5.56. The third-order valence-corrected chi connectivity index (χ3v) is 6.88. The molecule has 5 nitrogen and oxygen atoms in total. The van der Waals surface area contributed by atoms with E-state index in [4.69, 9.17) is 12.2 Å². The minimum atomic E-state index is -0.0430. The van der Waals surface area contributed by atoms with Gasteiger partial charge in [-0.25, -0.2) is 0 Å². The summed E-state index contributed by atoms with van der Waals surface area (Å²) in [4.78, 5) is 11.3. The maximum absolute atomic E-state index is 5.86. The lowest BCUT2D eigenvalue weighted by Gasteiger charge is -2.28. The molecular weight excluding hydrogens is 438 g/mol. The van der Waals surface area contributed by atoms with Crippen LogP contribution in [0.2, 0.25) is 0 Å². The summed E-state index contributed by atoms with van der Waals surface area (Å²) in [6, 6.07) is 19.1. The molecule has 4 aromatic rings. The summed E-state index contributed by atoms with van der Waals surface area (Å²) >= 11 is 5.86. The van der Waals surface area contributed by atoms with Gasteiger partial charge >= 0.3 is 0 Å². The highest BCUT2D eigenvalue weighted by molar-refractivity contribution is 7.80. The molecule has 6 heteroatoms. The van der Waals surface area contributed by atoms with E-state index in [-0.39, 0.29) is 12.1 Å². The third kappa shape index (κ3) is 4.10. The second-order valence-corrected chi connectivity index (χ2v) is 9.51. The fourth-order valence-electron chi connectivity index (χ4n) is 5.17. The summed E-state index contributed by atoms with van der Waals surface area (Å²) in [5.41, 5.74) is 9.51. The fourth-order valence-corrected chi connectivity index (χ4v) is 5.47. The van der Waals surface area contributed by atoms with Crippen molar-refractivity contribution in [1.82, 2.24) is 24.8 Å². The maximum atomic E-state index is 5.86. The Morgan fingerprint density at radius 2 is 1.74 bits per heavy atom. The molecule has 2 atom stereocenters. The van der Waals surface area contributed by atoms with Gasteiger partial charge in [0.1, 0.15) is 0 Å². The number of aromatic nitrogens is 3. The first-order chi connectivity index (χ1) is 16.4. The zero-order chi connectivity index (χ0) is 23.8. The summed E-state index contributed by atoms with van der Waals surface area (Å²) in [6.45, 7) is 9.37. The monoisotopic (exact) mass is 467 g/mol. The van der Waals surface area contributed by atoms with Crippen LogP contribution in [0.25, 0.3) is 5.69 Å². The first-order valence-electron chi connectivity index (χ1n) is 11.6. The average molecular weight is 468 g/mol. The van der Waals surface area contributed by atoms with Crippen LogP contribution in [0.3, 0.4) is 0 Å². The molecule has 0 bridgehead atoms. The van der Waals surface area contributed by atoms with Crippen LogP contribution in [-0.4, -0.2) is 24.5 Å². The van der Waals surface area contributed by atoms with Gasteiger partial charge in [0, 0.05) is 42.2 Å². The molecule has 34 heavy (non-hydrogen) atoms. The van der Waals surface area contributed by atoms with E-state index < -0.39 is 0 Å². The van der Waals surface area contributed by atoms with Gasteiger partial charge in [-0.1, -0.05) is 18.2 Å². The SMILES string of the molecule is Cc1cc(C)cc(-n2c(C)cc([C@H]3[C@@H](c4ccccn4)NC(=S)N3Cc3cccnc3)c2C)c1. The van der Waals surface area contributed by atoms with E-state index in [9.17, 15) is 0 Å². The van der Waals surface area contributed by atoms with Gasteiger partial charge in [-0.3, -0.25) is 9.97 Å². The Bertz CT molecular complexity index is 1310. The van der Waals surface area contributed by atoms with Crippen molar-refractivity contribution in [2.75, 3.05) is 0 Å². The Balaban J connectivity index is 1.63. The lowest BCUT2D eigenvalue weighted by molar-refractivity contribution is 0.310. The zero-order valence-electron chi connectivity index (χ0n) is 20.0. The summed E-state index contributed by atoms with van der Waals surface area (Å²) in [5.74, 6) is 0. The normalized spacial score (nSPS) is 17.8. The Morgan fingerprint density at radius 1 is 0.941 bits per heavy atom. The number of rotatable bonds is 5. The quantitative estimate of drug-likeness (QED) is 0.383. The standard InChI is InChI=1S/C28H29N5S/c1-18-12-19(2)14-23(13-18)33-20(3)15-24(21(33)4)27-26(25-9-5-6-11-30-25)31-28(34)32(27)17-22-8-7-10-29-16-22/h5-16,26-27H,17H2,1-4H3,(H,31,34)/t26-,27+/m1/s1. The summed E-state index contributed by atoms with van der Waals surface area (Å²) in [7, 11) is 0. The molecule has 1 aliphatic rings. The zero-order valence-corrected chi connectivity index (χ0v) is 20.8. The molecule has 0 unspecified atom stereocenters. The van der Waals surface area contributed by atoms with Crippen LogP contribution in [0.4, 0.5) is 0 Å². The van der Waals surface area contributed by atoms with Gasteiger partial charge in [0.2, 0.25) is 0 Å². The van der Waals surface area contributed by atoms with Gasteiger partial charge in [-0.15, -0.1) is 0 Å². The van der Waals surface area contributed by atoms with Crippen LogP contribution in [0, 0.1) is 27.7 Å². The molecule has 0 saturated carbocycles. The number of aryl methyl sites for hydroxylation is 3. The molecular formula is C28H29N5S. The Labute approximate surface area is 206 Å². The molecule has 0 radical (unpaired) electrons. The number of pyridine rings is 2. The van der Waals surface area contributed by atoms with E-state index in [1.165, 1.54) is 33.8 Å². The molecule has 0 amide bonds. The summed E-state index contributed by atoms with van der Waals surface area (Å²) < 4.78 is 2.36. The van der Waals surface area contributed by atoms with Crippen LogP contribution < -0.4 is 5.32 Å². The van der Waals surface area contributed by atoms with Gasteiger partial charge in [-0.05, 0) is 98.6 Å². The van der Waals surface area contributed by atoms with Gasteiger partial charge in [0.25, 0.3) is 0 Å². The molecule has 3 aromatic heterocycles. The van der Waals surface area contributed by atoms with E-state index in [2.05, 4.69) is 88.8 Å². The molecule has 1 saturated heterocycles. The van der Waals surface area contributed by atoms with Crippen molar-refractivity contribution < 1.29 is 0 Å². The minimum Gasteiger partial charge on any atom is -0.352 e. The van der Waals surface area contributed by atoms with Crippen molar-refractivity contribution in [2.24, 2.45) is 0 Å². The third-order valence-electron chi connectivity index (χ3n) is 6.53. The second-order valence-electron chi connectivity index (χ2n) is 9.12. The van der Waals surface area contributed by atoms with Crippen LogP contribution in [0.15, 0.2) is 73.2 Å².